The molecule has 0 spiro atoms. The third kappa shape index (κ3) is 10.1. The van der Waals surface area contributed by atoms with Crippen molar-refractivity contribution in [3.05, 3.63) is 71.8 Å². The second kappa shape index (κ2) is 14.7. The smallest absolute Gasteiger partial charge is 0.408 e. The highest BCUT2D eigenvalue weighted by molar-refractivity contribution is 5.89. The molecule has 0 aromatic heterocycles. The van der Waals surface area contributed by atoms with Crippen LogP contribution in [0.4, 0.5) is 4.79 Å². The van der Waals surface area contributed by atoms with Crippen LogP contribution < -0.4 is 10.6 Å². The zero-order chi connectivity index (χ0) is 24.8. The van der Waals surface area contributed by atoms with Gasteiger partial charge in [0.05, 0.1) is 6.61 Å². The summed E-state index contributed by atoms with van der Waals surface area (Å²) in [6.07, 6.45) is 1.66. The normalized spacial score (nSPS) is 12.5. The molecule has 2 N–H and O–H groups in total. The number of alkyl carbamates (subject to hydrolysis) is 1. The number of carbonyl (C=O) groups excluding carboxylic acids is 3. The number of rotatable bonds is 13. The first-order valence-corrected chi connectivity index (χ1v) is 11.9. The lowest BCUT2D eigenvalue weighted by Gasteiger charge is -2.23. The van der Waals surface area contributed by atoms with E-state index < -0.39 is 30.1 Å². The van der Waals surface area contributed by atoms with E-state index in [1.54, 1.807) is 0 Å². The molecule has 2 rings (SSSR count). The van der Waals surface area contributed by atoms with Crippen LogP contribution in [-0.4, -0.2) is 36.7 Å². The molecule has 0 bridgehead atoms. The lowest BCUT2D eigenvalue weighted by Crippen LogP contribution is -2.53. The molecule has 0 aliphatic rings. The molecule has 34 heavy (non-hydrogen) atoms. The number of nitrogens with one attached hydrogen (secondary N) is 2. The topological polar surface area (TPSA) is 93.7 Å². The van der Waals surface area contributed by atoms with Gasteiger partial charge in [-0.25, -0.2) is 9.59 Å². The molecule has 7 heteroatoms. The molecule has 2 amide bonds. The molecular weight excluding hydrogens is 432 g/mol. The molecule has 2 aromatic rings. The van der Waals surface area contributed by atoms with Crippen molar-refractivity contribution in [1.82, 2.24) is 10.6 Å². The zero-order valence-corrected chi connectivity index (χ0v) is 20.3. The first-order chi connectivity index (χ1) is 16.4. The molecule has 0 radical (unpaired) electrons. The van der Waals surface area contributed by atoms with Crippen LogP contribution in [0.25, 0.3) is 0 Å². The van der Waals surface area contributed by atoms with Gasteiger partial charge in [-0.15, -0.1) is 0 Å². The molecule has 0 aliphatic carbocycles. The van der Waals surface area contributed by atoms with Crippen molar-refractivity contribution in [2.24, 2.45) is 5.92 Å². The average Bonchev–Trinajstić information content (AvgIpc) is 2.83. The summed E-state index contributed by atoms with van der Waals surface area (Å²) >= 11 is 0. The standard InChI is InChI=1S/C27H36N2O5/c1-4-5-16-33-26(31)24(18-21-12-8-6-9-13-21)28-25(30)23(17-20(2)3)29-27(32)34-19-22-14-10-7-11-15-22/h6-15,20,23-24H,4-5,16-19H2,1-3H3,(H,28,30)(H,29,32)/t23-,24-/m0/s1. The molecule has 0 saturated heterocycles. The first kappa shape index (κ1) is 26.9. The van der Waals surface area contributed by atoms with Gasteiger partial charge in [-0.2, -0.15) is 0 Å². The molecule has 2 aromatic carbocycles. The monoisotopic (exact) mass is 468 g/mol. The van der Waals surface area contributed by atoms with E-state index in [1.807, 2.05) is 81.4 Å². The largest absolute Gasteiger partial charge is 0.464 e. The van der Waals surface area contributed by atoms with Gasteiger partial charge in [-0.1, -0.05) is 87.9 Å². The Morgan fingerprint density at radius 3 is 2.03 bits per heavy atom. The summed E-state index contributed by atoms with van der Waals surface area (Å²) < 4.78 is 10.7. The highest BCUT2D eigenvalue weighted by Gasteiger charge is 2.28. The van der Waals surface area contributed by atoms with Gasteiger partial charge in [0.2, 0.25) is 5.91 Å². The summed E-state index contributed by atoms with van der Waals surface area (Å²) in [5.74, 6) is -0.798. The maximum Gasteiger partial charge on any atom is 0.408 e. The van der Waals surface area contributed by atoms with E-state index in [2.05, 4.69) is 10.6 Å². The average molecular weight is 469 g/mol. The summed E-state index contributed by atoms with van der Waals surface area (Å²) in [5, 5.41) is 5.45. The first-order valence-electron chi connectivity index (χ1n) is 11.9. The molecule has 2 atom stereocenters. The third-order valence-corrected chi connectivity index (χ3v) is 5.15. The molecule has 184 valence electrons. The van der Waals surface area contributed by atoms with Crippen LogP contribution >= 0.6 is 0 Å². The van der Waals surface area contributed by atoms with Gasteiger partial charge in [-0.05, 0) is 29.9 Å². The van der Waals surface area contributed by atoms with Crippen LogP contribution in [0.2, 0.25) is 0 Å². The predicted octanol–water partition coefficient (Wildman–Crippen LogP) is 4.40. The SMILES string of the molecule is CCCCOC(=O)[C@H](Cc1ccccc1)NC(=O)[C@H](CC(C)C)NC(=O)OCc1ccccc1. The zero-order valence-electron chi connectivity index (χ0n) is 20.3. The highest BCUT2D eigenvalue weighted by atomic mass is 16.5. The Hall–Kier alpha value is -3.35. The van der Waals surface area contributed by atoms with Crippen LogP contribution in [-0.2, 0) is 32.1 Å². The van der Waals surface area contributed by atoms with Crippen molar-refractivity contribution >= 4 is 18.0 Å². The van der Waals surface area contributed by atoms with Crippen LogP contribution in [0.5, 0.6) is 0 Å². The van der Waals surface area contributed by atoms with Crippen LogP contribution in [0, 0.1) is 5.92 Å². The molecule has 0 saturated carbocycles. The van der Waals surface area contributed by atoms with Crippen LogP contribution in [0.1, 0.15) is 51.2 Å². The number of ether oxygens (including phenoxy) is 2. The van der Waals surface area contributed by atoms with E-state index in [-0.39, 0.29) is 12.5 Å². The van der Waals surface area contributed by atoms with Gasteiger partial charge in [0.15, 0.2) is 0 Å². The minimum atomic E-state index is -0.858. The maximum absolute atomic E-state index is 13.1. The molecule has 0 aliphatic heterocycles. The lowest BCUT2D eigenvalue weighted by atomic mass is 10.0. The van der Waals surface area contributed by atoms with E-state index in [0.29, 0.717) is 19.4 Å². The quantitative estimate of drug-likeness (QED) is 0.336. The minimum absolute atomic E-state index is 0.100. The van der Waals surface area contributed by atoms with Gasteiger partial charge in [0, 0.05) is 6.42 Å². The van der Waals surface area contributed by atoms with Crippen molar-refractivity contribution in [3.8, 4) is 0 Å². The Labute approximate surface area is 202 Å². The number of benzene rings is 2. The van der Waals surface area contributed by atoms with E-state index >= 15 is 0 Å². The molecule has 0 heterocycles. The highest BCUT2D eigenvalue weighted by Crippen LogP contribution is 2.10. The van der Waals surface area contributed by atoms with Crippen molar-refractivity contribution in [1.29, 1.82) is 0 Å². The van der Waals surface area contributed by atoms with E-state index in [4.69, 9.17) is 9.47 Å². The Bertz CT molecular complexity index is 886. The van der Waals surface area contributed by atoms with Gasteiger partial charge in [0.25, 0.3) is 0 Å². The Morgan fingerprint density at radius 1 is 0.824 bits per heavy atom. The van der Waals surface area contributed by atoms with Gasteiger partial charge in [0.1, 0.15) is 18.7 Å². The maximum atomic E-state index is 13.1. The fourth-order valence-corrected chi connectivity index (χ4v) is 3.34. The Balaban J connectivity index is 2.04. The van der Waals surface area contributed by atoms with Crippen LogP contribution in [0.3, 0.4) is 0 Å². The van der Waals surface area contributed by atoms with E-state index in [1.165, 1.54) is 0 Å². The summed E-state index contributed by atoms with van der Waals surface area (Å²) in [7, 11) is 0. The van der Waals surface area contributed by atoms with Crippen molar-refractivity contribution < 1.29 is 23.9 Å². The summed E-state index contributed by atoms with van der Waals surface area (Å²) in [6, 6.07) is 17.0. The number of carbonyl (C=O) groups is 3. The Morgan fingerprint density at radius 2 is 1.44 bits per heavy atom. The molecule has 0 fully saturated rings. The van der Waals surface area contributed by atoms with Crippen molar-refractivity contribution in [2.75, 3.05) is 6.61 Å². The molecular formula is C27H36N2O5. The predicted molar refractivity (Wildman–Crippen MR) is 131 cm³/mol. The second-order valence-electron chi connectivity index (χ2n) is 8.66. The number of esters is 1. The van der Waals surface area contributed by atoms with Crippen molar-refractivity contribution in [2.45, 2.75) is 65.1 Å². The van der Waals surface area contributed by atoms with Gasteiger partial charge < -0.3 is 20.1 Å². The second-order valence-corrected chi connectivity index (χ2v) is 8.66. The summed E-state index contributed by atoms with van der Waals surface area (Å²) in [5.41, 5.74) is 1.75. The lowest BCUT2D eigenvalue weighted by molar-refractivity contribution is -0.148. The minimum Gasteiger partial charge on any atom is -0.464 e. The van der Waals surface area contributed by atoms with Gasteiger partial charge in [-0.3, -0.25) is 4.79 Å². The number of amides is 2. The fourth-order valence-electron chi connectivity index (χ4n) is 3.34. The fraction of sp³-hybridized carbons (Fsp3) is 0.444. The third-order valence-electron chi connectivity index (χ3n) is 5.15. The molecule has 7 nitrogen and oxygen atoms in total. The van der Waals surface area contributed by atoms with E-state index in [0.717, 1.165) is 24.0 Å². The summed E-state index contributed by atoms with van der Waals surface area (Å²) in [6.45, 7) is 6.32. The van der Waals surface area contributed by atoms with Crippen molar-refractivity contribution in [3.63, 3.8) is 0 Å². The van der Waals surface area contributed by atoms with Gasteiger partial charge >= 0.3 is 12.1 Å². The number of hydrogen-bond acceptors (Lipinski definition) is 5. The number of unbranched alkanes of at least 4 members (excludes halogenated alkanes) is 1. The van der Waals surface area contributed by atoms with E-state index in [9.17, 15) is 14.4 Å². The summed E-state index contributed by atoms with van der Waals surface area (Å²) in [4.78, 5) is 38.3. The molecule has 0 unspecified atom stereocenters. The Kier molecular flexibility index (Phi) is 11.7. The number of hydrogen-bond donors (Lipinski definition) is 2. The van der Waals surface area contributed by atoms with Crippen LogP contribution in [0.15, 0.2) is 60.7 Å².